The molecule has 0 spiro atoms. The molecule has 1 aromatic heterocycles. The molecule has 0 saturated heterocycles. The Balaban J connectivity index is 0.00000364. The Morgan fingerprint density at radius 1 is 1.11 bits per heavy atom. The molecule has 0 aliphatic rings. The van der Waals surface area contributed by atoms with Gasteiger partial charge < -0.3 is 15.5 Å². The van der Waals surface area contributed by atoms with Crippen molar-refractivity contribution in [2.45, 2.75) is 13.8 Å². The van der Waals surface area contributed by atoms with Crippen LogP contribution in [-0.4, -0.2) is 42.9 Å². The van der Waals surface area contributed by atoms with Gasteiger partial charge in [-0.2, -0.15) is 0 Å². The fourth-order valence-corrected chi connectivity index (χ4v) is 3.02. The summed E-state index contributed by atoms with van der Waals surface area (Å²) in [7, 11) is 0. The predicted octanol–water partition coefficient (Wildman–Crippen LogP) is 3.89. The molecule has 0 fully saturated rings. The Kier molecular flexibility index (Phi) is 10.4. The number of anilines is 1. The number of carbonyl (C=O) groups excluding carboxylic acids is 2. The summed E-state index contributed by atoms with van der Waals surface area (Å²) in [6.07, 6.45) is 3.28. The molecule has 27 heavy (non-hydrogen) atoms. The van der Waals surface area contributed by atoms with Crippen molar-refractivity contribution < 1.29 is 9.59 Å². The van der Waals surface area contributed by atoms with Crippen LogP contribution in [0.1, 0.15) is 29.1 Å². The number of amides is 2. The van der Waals surface area contributed by atoms with Crippen LogP contribution in [0.5, 0.6) is 0 Å². The van der Waals surface area contributed by atoms with Crippen LogP contribution < -0.4 is 10.6 Å². The molecule has 7 heteroatoms. The molecule has 5 nitrogen and oxygen atoms in total. The van der Waals surface area contributed by atoms with Crippen LogP contribution >= 0.6 is 23.7 Å². The maximum Gasteiger partial charge on any atom is 0.251 e. The van der Waals surface area contributed by atoms with Crippen molar-refractivity contribution in [1.29, 1.82) is 0 Å². The lowest BCUT2D eigenvalue weighted by Crippen LogP contribution is -2.34. The van der Waals surface area contributed by atoms with Crippen LogP contribution in [0.3, 0.4) is 0 Å². The molecule has 0 radical (unpaired) electrons. The highest BCUT2D eigenvalue weighted by Crippen LogP contribution is 2.12. The first-order chi connectivity index (χ1) is 12.6. The van der Waals surface area contributed by atoms with Crippen LogP contribution in [0, 0.1) is 0 Å². The van der Waals surface area contributed by atoms with E-state index in [0.717, 1.165) is 24.5 Å². The average molecular weight is 408 g/mol. The van der Waals surface area contributed by atoms with Crippen LogP contribution in [0.4, 0.5) is 5.69 Å². The normalized spacial score (nSPS) is 10.6. The minimum Gasteiger partial charge on any atom is -0.351 e. The second-order valence-corrected chi connectivity index (χ2v) is 6.68. The molecular weight excluding hydrogens is 382 g/mol. The minimum absolute atomic E-state index is 0. The molecule has 0 aliphatic carbocycles. The van der Waals surface area contributed by atoms with E-state index in [1.54, 1.807) is 41.7 Å². The highest BCUT2D eigenvalue weighted by molar-refractivity contribution is 7.10. The lowest BCUT2D eigenvalue weighted by atomic mass is 10.2. The molecule has 0 bridgehead atoms. The number of likely N-dealkylation sites (N-methyl/N-ethyl adjacent to an activating group) is 1. The topological polar surface area (TPSA) is 61.4 Å². The van der Waals surface area contributed by atoms with Crippen molar-refractivity contribution in [3.05, 3.63) is 58.3 Å². The van der Waals surface area contributed by atoms with Gasteiger partial charge in [0.1, 0.15) is 0 Å². The van der Waals surface area contributed by atoms with Crippen molar-refractivity contribution in [1.82, 2.24) is 10.2 Å². The summed E-state index contributed by atoms with van der Waals surface area (Å²) >= 11 is 1.57. The number of hydrogen-bond acceptors (Lipinski definition) is 4. The van der Waals surface area contributed by atoms with Gasteiger partial charge in [-0.3, -0.25) is 9.59 Å². The standard InChI is InChI=1S/C20H25N3O2S.ClH/c1-3-23(4-2)14-13-21-20(25)16-7-9-17(10-8-16)22-19(24)12-11-18-6-5-15-26-18;/h5-12,15H,3-4,13-14H2,1-2H3,(H,21,25)(H,22,24);1H/b12-11+;. The third-order valence-electron chi connectivity index (χ3n) is 3.96. The fourth-order valence-electron chi connectivity index (χ4n) is 2.40. The minimum atomic E-state index is -0.199. The zero-order chi connectivity index (χ0) is 18.8. The lowest BCUT2D eigenvalue weighted by Gasteiger charge is -2.17. The van der Waals surface area contributed by atoms with Crippen molar-refractivity contribution in [3.8, 4) is 0 Å². The van der Waals surface area contributed by atoms with E-state index in [2.05, 4.69) is 29.4 Å². The number of nitrogens with zero attached hydrogens (tertiary/aromatic N) is 1. The highest BCUT2D eigenvalue weighted by Gasteiger charge is 2.06. The van der Waals surface area contributed by atoms with Gasteiger partial charge in [-0.25, -0.2) is 0 Å². The number of nitrogens with one attached hydrogen (secondary N) is 2. The molecule has 0 saturated carbocycles. The maximum absolute atomic E-state index is 12.1. The Hall–Kier alpha value is -2.15. The molecule has 2 amide bonds. The molecule has 0 unspecified atom stereocenters. The monoisotopic (exact) mass is 407 g/mol. The van der Waals surface area contributed by atoms with Gasteiger partial charge in [0.05, 0.1) is 0 Å². The summed E-state index contributed by atoms with van der Waals surface area (Å²) in [4.78, 5) is 27.3. The summed E-state index contributed by atoms with van der Waals surface area (Å²) in [5.74, 6) is -0.303. The number of thiophene rings is 1. The number of carbonyl (C=O) groups is 2. The molecular formula is C20H26ClN3O2S. The second-order valence-electron chi connectivity index (χ2n) is 5.70. The first-order valence-corrected chi connectivity index (χ1v) is 9.63. The smallest absolute Gasteiger partial charge is 0.251 e. The van der Waals surface area contributed by atoms with Gasteiger partial charge in [-0.15, -0.1) is 23.7 Å². The molecule has 2 aromatic rings. The van der Waals surface area contributed by atoms with Crippen LogP contribution in [-0.2, 0) is 4.79 Å². The van der Waals surface area contributed by atoms with E-state index in [1.165, 1.54) is 6.08 Å². The van der Waals surface area contributed by atoms with Gasteiger partial charge >= 0.3 is 0 Å². The fraction of sp³-hybridized carbons (Fsp3) is 0.300. The Labute approximate surface area is 170 Å². The van der Waals surface area contributed by atoms with E-state index >= 15 is 0 Å². The number of benzene rings is 1. The van der Waals surface area contributed by atoms with Gasteiger partial charge in [-0.05, 0) is 54.9 Å². The van der Waals surface area contributed by atoms with Crippen molar-refractivity contribution >= 4 is 47.3 Å². The first kappa shape index (κ1) is 22.9. The van der Waals surface area contributed by atoms with E-state index in [9.17, 15) is 9.59 Å². The largest absolute Gasteiger partial charge is 0.351 e. The molecule has 2 N–H and O–H groups in total. The summed E-state index contributed by atoms with van der Waals surface area (Å²) in [5.41, 5.74) is 1.24. The van der Waals surface area contributed by atoms with Gasteiger partial charge in [0, 0.05) is 35.3 Å². The molecule has 2 rings (SSSR count). The van der Waals surface area contributed by atoms with E-state index in [4.69, 9.17) is 0 Å². The molecule has 146 valence electrons. The number of halogens is 1. The van der Waals surface area contributed by atoms with Crippen molar-refractivity contribution in [2.24, 2.45) is 0 Å². The van der Waals surface area contributed by atoms with E-state index in [-0.39, 0.29) is 24.2 Å². The third-order valence-corrected chi connectivity index (χ3v) is 4.80. The summed E-state index contributed by atoms with van der Waals surface area (Å²) in [5, 5.41) is 7.66. The predicted molar refractivity (Wildman–Crippen MR) is 116 cm³/mol. The zero-order valence-corrected chi connectivity index (χ0v) is 17.2. The Bertz CT molecular complexity index is 726. The van der Waals surface area contributed by atoms with E-state index < -0.39 is 0 Å². The van der Waals surface area contributed by atoms with Gasteiger partial charge in [0.2, 0.25) is 5.91 Å². The van der Waals surface area contributed by atoms with Crippen LogP contribution in [0.15, 0.2) is 47.9 Å². The summed E-state index contributed by atoms with van der Waals surface area (Å²) in [6, 6.07) is 10.8. The second kappa shape index (κ2) is 12.3. The zero-order valence-electron chi connectivity index (χ0n) is 15.6. The SMILES string of the molecule is CCN(CC)CCNC(=O)c1ccc(NC(=O)/C=C/c2cccs2)cc1.Cl. The first-order valence-electron chi connectivity index (χ1n) is 8.75. The van der Waals surface area contributed by atoms with Crippen LogP contribution in [0.25, 0.3) is 6.08 Å². The number of rotatable bonds is 9. The lowest BCUT2D eigenvalue weighted by molar-refractivity contribution is -0.111. The molecule has 0 atom stereocenters. The Morgan fingerprint density at radius 2 is 1.81 bits per heavy atom. The number of hydrogen-bond donors (Lipinski definition) is 2. The van der Waals surface area contributed by atoms with E-state index in [1.807, 2.05) is 17.5 Å². The van der Waals surface area contributed by atoms with Crippen molar-refractivity contribution in [3.63, 3.8) is 0 Å². The van der Waals surface area contributed by atoms with Gasteiger partial charge in [0.25, 0.3) is 5.91 Å². The summed E-state index contributed by atoms with van der Waals surface area (Å²) < 4.78 is 0. The third kappa shape index (κ3) is 7.95. The Morgan fingerprint density at radius 3 is 2.41 bits per heavy atom. The summed E-state index contributed by atoms with van der Waals surface area (Å²) in [6.45, 7) is 7.61. The van der Waals surface area contributed by atoms with Gasteiger partial charge in [-0.1, -0.05) is 19.9 Å². The van der Waals surface area contributed by atoms with Crippen LogP contribution in [0.2, 0.25) is 0 Å². The molecule has 0 aliphatic heterocycles. The maximum atomic E-state index is 12.1. The quantitative estimate of drug-likeness (QED) is 0.620. The van der Waals surface area contributed by atoms with E-state index in [0.29, 0.717) is 17.8 Å². The molecule has 1 heterocycles. The highest BCUT2D eigenvalue weighted by atomic mass is 35.5. The average Bonchev–Trinajstić information content (AvgIpc) is 3.18. The van der Waals surface area contributed by atoms with Gasteiger partial charge in [0.15, 0.2) is 0 Å². The molecule has 1 aromatic carbocycles. The van der Waals surface area contributed by atoms with Crippen molar-refractivity contribution in [2.75, 3.05) is 31.5 Å².